The van der Waals surface area contributed by atoms with Gasteiger partial charge in [0.1, 0.15) is 11.5 Å². The van der Waals surface area contributed by atoms with Gasteiger partial charge in [0.2, 0.25) is 0 Å². The number of fused-ring (bicyclic) bond motifs is 7. The molecule has 0 amide bonds. The fourth-order valence-corrected chi connectivity index (χ4v) is 10.1. The summed E-state index contributed by atoms with van der Waals surface area (Å²) in [5.41, 5.74) is 14.6. The molecule has 8 aliphatic rings. The number of nitrogens with two attached hydrogens (primary N) is 1. The molecule has 8 atom stereocenters. The molecule has 6 heteroatoms. The standard InChI is InChI=1S/C45H54N4O2/c1-3-5-11-37(46)29-15-19-33-41(25-29)50-43-27-31(39-13-7-9-23-48-39)17-21-35(43)45(33)34-20-16-30(38(47)12-6-4-2)26-42(34)51-44-28-32(18-22-36(44)45)40-14-8-10-24-49-40/h3,5-8,10,12-14,18,21-22,26-29,31,34,36-37,42,44,47,49H,4,9,11,15-17,19-20,23-25,46H2,1-2H3/b5-3-,12-6-,47-38?. The van der Waals surface area contributed by atoms with Gasteiger partial charge in [0, 0.05) is 65.7 Å². The van der Waals surface area contributed by atoms with Gasteiger partial charge in [-0.3, -0.25) is 4.99 Å². The number of ether oxygens (including phenoxy) is 2. The first-order valence-electron chi connectivity index (χ1n) is 19.5. The van der Waals surface area contributed by atoms with Crippen LogP contribution in [-0.2, 0) is 9.47 Å². The molecule has 0 aromatic carbocycles. The Kier molecular flexibility index (Phi) is 9.73. The highest BCUT2D eigenvalue weighted by Crippen LogP contribution is 2.66. The number of dihydropyridines is 2. The molecule has 1 fully saturated rings. The Morgan fingerprint density at radius 2 is 2.06 bits per heavy atom. The normalized spacial score (nSPS) is 34.6. The van der Waals surface area contributed by atoms with Crippen LogP contribution < -0.4 is 11.1 Å². The monoisotopic (exact) mass is 682 g/mol. The van der Waals surface area contributed by atoms with Crippen molar-refractivity contribution in [1.82, 2.24) is 5.32 Å². The number of nitrogens with zero attached hydrogens (tertiary/aromatic N) is 1. The highest BCUT2D eigenvalue weighted by Gasteiger charge is 2.62. The maximum absolute atomic E-state index is 8.96. The van der Waals surface area contributed by atoms with E-state index >= 15 is 0 Å². The molecule has 0 bridgehead atoms. The van der Waals surface area contributed by atoms with E-state index in [-0.39, 0.29) is 41.4 Å². The van der Waals surface area contributed by atoms with E-state index in [1.807, 2.05) is 6.08 Å². The van der Waals surface area contributed by atoms with Crippen LogP contribution in [0.4, 0.5) is 0 Å². The van der Waals surface area contributed by atoms with Crippen molar-refractivity contribution in [3.63, 3.8) is 0 Å². The molecular weight excluding hydrogens is 629 g/mol. The second-order valence-corrected chi connectivity index (χ2v) is 15.4. The minimum Gasteiger partial charge on any atom is -0.462 e. The van der Waals surface area contributed by atoms with E-state index in [1.165, 1.54) is 16.7 Å². The second kappa shape index (κ2) is 14.6. The minimum atomic E-state index is -0.281. The molecule has 4 aliphatic carbocycles. The Hall–Kier alpha value is -4.00. The Labute approximate surface area is 304 Å². The van der Waals surface area contributed by atoms with Crippen molar-refractivity contribution in [3.05, 3.63) is 131 Å². The van der Waals surface area contributed by atoms with Crippen molar-refractivity contribution >= 4 is 11.4 Å². The number of allylic oxidation sites excluding steroid dienone is 13. The molecule has 4 N–H and O–H groups in total. The van der Waals surface area contributed by atoms with Crippen molar-refractivity contribution < 1.29 is 9.47 Å². The quantitative estimate of drug-likeness (QED) is 0.176. The third kappa shape index (κ3) is 6.18. The molecule has 8 rings (SSSR count). The topological polar surface area (TPSA) is 92.7 Å². The summed E-state index contributed by atoms with van der Waals surface area (Å²) in [5, 5.41) is 12.5. The molecule has 51 heavy (non-hydrogen) atoms. The van der Waals surface area contributed by atoms with Crippen LogP contribution in [0.5, 0.6) is 0 Å². The highest BCUT2D eigenvalue weighted by molar-refractivity contribution is 6.06. The first kappa shape index (κ1) is 34.1. The van der Waals surface area contributed by atoms with Crippen LogP contribution in [0, 0.1) is 34.5 Å². The van der Waals surface area contributed by atoms with Crippen LogP contribution >= 0.6 is 0 Å². The fourth-order valence-electron chi connectivity index (χ4n) is 10.1. The summed E-state index contributed by atoms with van der Waals surface area (Å²) >= 11 is 0. The highest BCUT2D eigenvalue weighted by atomic mass is 16.5. The van der Waals surface area contributed by atoms with Gasteiger partial charge >= 0.3 is 0 Å². The van der Waals surface area contributed by atoms with Crippen molar-refractivity contribution in [2.75, 3.05) is 13.1 Å². The summed E-state index contributed by atoms with van der Waals surface area (Å²) in [4.78, 5) is 4.95. The third-order valence-electron chi connectivity index (χ3n) is 12.5. The number of hydrogen-bond donors (Lipinski definition) is 3. The summed E-state index contributed by atoms with van der Waals surface area (Å²) < 4.78 is 14.4. The van der Waals surface area contributed by atoms with Gasteiger partial charge in [0.15, 0.2) is 0 Å². The van der Waals surface area contributed by atoms with Gasteiger partial charge in [-0.2, -0.15) is 0 Å². The van der Waals surface area contributed by atoms with Gasteiger partial charge in [-0.1, -0.05) is 67.7 Å². The molecule has 0 aromatic rings. The van der Waals surface area contributed by atoms with Gasteiger partial charge in [-0.25, -0.2) is 0 Å². The van der Waals surface area contributed by atoms with E-state index in [0.29, 0.717) is 11.6 Å². The first-order chi connectivity index (χ1) is 25.0. The Balaban J connectivity index is 1.28. The lowest BCUT2D eigenvalue weighted by atomic mass is 9.48. The van der Waals surface area contributed by atoms with E-state index < -0.39 is 0 Å². The van der Waals surface area contributed by atoms with Crippen LogP contribution in [-0.4, -0.2) is 42.8 Å². The lowest BCUT2D eigenvalue weighted by molar-refractivity contribution is -0.125. The van der Waals surface area contributed by atoms with Crippen LogP contribution in [0.3, 0.4) is 0 Å². The molecule has 4 heterocycles. The largest absolute Gasteiger partial charge is 0.462 e. The molecular formula is C45H54N4O2. The zero-order valence-electron chi connectivity index (χ0n) is 30.3. The minimum absolute atomic E-state index is 0.101. The zero-order valence-corrected chi connectivity index (χ0v) is 30.3. The summed E-state index contributed by atoms with van der Waals surface area (Å²) in [6.07, 6.45) is 42.0. The smallest absolute Gasteiger partial charge is 0.127 e. The number of rotatable bonds is 8. The average molecular weight is 683 g/mol. The van der Waals surface area contributed by atoms with Gasteiger partial charge in [-0.05, 0) is 111 Å². The number of aliphatic imine (C=N–C) groups is 1. The predicted molar refractivity (Wildman–Crippen MR) is 208 cm³/mol. The van der Waals surface area contributed by atoms with E-state index in [1.54, 1.807) is 0 Å². The molecule has 1 saturated heterocycles. The van der Waals surface area contributed by atoms with Crippen molar-refractivity contribution in [2.24, 2.45) is 39.8 Å². The second-order valence-electron chi connectivity index (χ2n) is 15.4. The molecule has 266 valence electrons. The van der Waals surface area contributed by atoms with Crippen molar-refractivity contribution in [3.8, 4) is 0 Å². The molecule has 1 spiro atoms. The lowest BCUT2D eigenvalue weighted by Crippen LogP contribution is -2.59. The molecule has 6 nitrogen and oxygen atoms in total. The summed E-state index contributed by atoms with van der Waals surface area (Å²) in [6.45, 7) is 5.89. The van der Waals surface area contributed by atoms with E-state index in [9.17, 15) is 0 Å². The van der Waals surface area contributed by atoms with Crippen molar-refractivity contribution in [2.45, 2.75) is 89.9 Å². The average Bonchev–Trinajstić information content (AvgIpc) is 3.18. The van der Waals surface area contributed by atoms with Crippen LogP contribution in [0.15, 0.2) is 136 Å². The molecule has 0 aromatic heterocycles. The van der Waals surface area contributed by atoms with Gasteiger partial charge in [0.25, 0.3) is 0 Å². The number of nitrogens with one attached hydrogen (secondary N) is 2. The fraction of sp³-hybridized carbons (Fsp3) is 0.467. The van der Waals surface area contributed by atoms with E-state index in [2.05, 4.69) is 104 Å². The summed E-state index contributed by atoms with van der Waals surface area (Å²) in [7, 11) is 0. The lowest BCUT2D eigenvalue weighted by Gasteiger charge is -2.61. The Morgan fingerprint density at radius 3 is 2.86 bits per heavy atom. The zero-order chi connectivity index (χ0) is 35.0. The van der Waals surface area contributed by atoms with Gasteiger partial charge in [-0.15, -0.1) is 0 Å². The SMILES string of the molecule is C/C=C\CC(N)C1CCC2=C(C1)OC1=CC(C3=NCCC=C3)CC=C1C21C2C=CC(C3=CC=CCN3)=CC2OC2C=C(C(=N)/C=C\CC)CCC21. The first-order valence-corrected chi connectivity index (χ1v) is 19.5. The summed E-state index contributed by atoms with van der Waals surface area (Å²) in [5.74, 6) is 3.08. The predicted octanol–water partition coefficient (Wildman–Crippen LogP) is 8.83. The Morgan fingerprint density at radius 1 is 1.14 bits per heavy atom. The third-order valence-corrected chi connectivity index (χ3v) is 12.5. The maximum atomic E-state index is 8.96. The number of hydrogen-bond acceptors (Lipinski definition) is 6. The van der Waals surface area contributed by atoms with Gasteiger partial charge in [0.05, 0.1) is 17.9 Å². The molecule has 0 saturated carbocycles. The van der Waals surface area contributed by atoms with E-state index in [0.717, 1.165) is 99.4 Å². The van der Waals surface area contributed by atoms with Crippen molar-refractivity contribution in [1.29, 1.82) is 5.41 Å². The molecule has 8 unspecified atom stereocenters. The Bertz CT molecular complexity index is 1810. The van der Waals surface area contributed by atoms with E-state index in [4.69, 9.17) is 25.6 Å². The molecule has 0 radical (unpaired) electrons. The van der Waals surface area contributed by atoms with Crippen LogP contribution in [0.2, 0.25) is 0 Å². The van der Waals surface area contributed by atoms with Crippen LogP contribution in [0.1, 0.15) is 71.6 Å². The van der Waals surface area contributed by atoms with Crippen LogP contribution in [0.25, 0.3) is 0 Å². The van der Waals surface area contributed by atoms with Gasteiger partial charge < -0.3 is 25.9 Å². The molecule has 4 aliphatic heterocycles. The summed E-state index contributed by atoms with van der Waals surface area (Å²) in [6, 6.07) is 0.101. The maximum Gasteiger partial charge on any atom is 0.127 e.